The highest BCUT2D eigenvalue weighted by atomic mass is 31.2. The molecule has 2 atom stereocenters. The molecule has 0 aromatic carbocycles. The topological polar surface area (TPSA) is 131 Å². The maximum absolute atomic E-state index is 12.0. The number of nitrogens with one attached hydrogen (secondary N) is 1. The molecule has 1 amide bonds. The lowest BCUT2D eigenvalue weighted by Gasteiger charge is -2.15. The Bertz CT molecular complexity index is 830. The molecule has 44 heavy (non-hydrogen) atoms. The van der Waals surface area contributed by atoms with Gasteiger partial charge in [-0.25, -0.2) is 4.57 Å². The molecule has 0 aliphatic heterocycles. The van der Waals surface area contributed by atoms with Crippen molar-refractivity contribution in [3.05, 3.63) is 36.5 Å². The lowest BCUT2D eigenvalue weighted by Crippen LogP contribution is -2.27. The Balaban J connectivity index is 3.70. The van der Waals surface area contributed by atoms with Gasteiger partial charge in [-0.3, -0.25) is 18.6 Å². The summed E-state index contributed by atoms with van der Waals surface area (Å²) in [5, 5.41) is 12.6. The van der Waals surface area contributed by atoms with Gasteiger partial charge < -0.3 is 20.1 Å². The Labute approximate surface area is 267 Å². The molecule has 0 saturated heterocycles. The number of aliphatic hydroxyl groups excluding tert-OH is 1. The molecule has 0 saturated carbocycles. The molecule has 9 nitrogen and oxygen atoms in total. The number of esters is 1. The van der Waals surface area contributed by atoms with Crippen molar-refractivity contribution in [2.24, 2.45) is 0 Å². The number of hydrogen-bond donors (Lipinski definition) is 3. The van der Waals surface area contributed by atoms with Crippen molar-refractivity contribution >= 4 is 19.7 Å². The molecule has 0 heterocycles. The molecule has 2 unspecified atom stereocenters. The van der Waals surface area contributed by atoms with E-state index < -0.39 is 26.5 Å². The normalized spacial score (nSPS) is 14.0. The van der Waals surface area contributed by atoms with Crippen LogP contribution in [-0.2, 0) is 27.9 Å². The van der Waals surface area contributed by atoms with Gasteiger partial charge in [0.15, 0.2) is 0 Å². The number of amides is 1. The Morgan fingerprint density at radius 2 is 1.30 bits per heavy atom. The van der Waals surface area contributed by atoms with E-state index in [2.05, 4.69) is 55.6 Å². The highest BCUT2D eigenvalue weighted by Gasteiger charge is 2.23. The fourth-order valence-corrected chi connectivity index (χ4v) is 5.03. The minimum Gasteiger partial charge on any atom is -0.463 e. The van der Waals surface area contributed by atoms with Gasteiger partial charge in [-0.15, -0.1) is 0 Å². The van der Waals surface area contributed by atoms with Gasteiger partial charge in [-0.2, -0.15) is 0 Å². The van der Waals surface area contributed by atoms with Crippen molar-refractivity contribution in [1.82, 2.24) is 5.32 Å². The Morgan fingerprint density at radius 1 is 0.727 bits per heavy atom. The molecule has 256 valence electrons. The van der Waals surface area contributed by atoms with E-state index in [0.29, 0.717) is 6.42 Å². The first-order chi connectivity index (χ1) is 21.3. The number of rotatable bonds is 31. The molecular formula is C34H62NO8P. The predicted molar refractivity (Wildman–Crippen MR) is 178 cm³/mol. The zero-order valence-electron chi connectivity index (χ0n) is 27.6. The molecular weight excluding hydrogens is 581 g/mol. The fourth-order valence-electron chi connectivity index (χ4n) is 4.27. The summed E-state index contributed by atoms with van der Waals surface area (Å²) in [6.07, 6.45) is 30.8. The van der Waals surface area contributed by atoms with Crippen LogP contribution in [0.4, 0.5) is 0 Å². The number of carbonyl (C=O) groups is 2. The van der Waals surface area contributed by atoms with Gasteiger partial charge in [0.05, 0.1) is 13.2 Å². The zero-order chi connectivity index (χ0) is 32.6. The van der Waals surface area contributed by atoms with Gasteiger partial charge in [0.2, 0.25) is 5.91 Å². The van der Waals surface area contributed by atoms with Crippen LogP contribution < -0.4 is 5.32 Å². The van der Waals surface area contributed by atoms with Crippen molar-refractivity contribution in [2.75, 3.05) is 26.4 Å². The molecule has 0 bridgehead atoms. The number of allylic oxidation sites excluding steroid dienone is 6. The Morgan fingerprint density at radius 3 is 1.95 bits per heavy atom. The summed E-state index contributed by atoms with van der Waals surface area (Å²) < 4.78 is 26.6. The molecule has 10 heteroatoms. The van der Waals surface area contributed by atoms with Crippen molar-refractivity contribution in [3.63, 3.8) is 0 Å². The average molecular weight is 644 g/mol. The molecule has 0 rings (SSSR count). The summed E-state index contributed by atoms with van der Waals surface area (Å²) in [5.74, 6) is -0.551. The van der Waals surface area contributed by atoms with Gasteiger partial charge in [0, 0.05) is 19.4 Å². The SMILES string of the molecule is CC/C=C\C/C=C\C/C=C\CCCCCC(=O)NCCOP(=O)(O)OCC(O)COC(=O)CCCCCCCCCCCC. The Hall–Kier alpha value is -1.77. The molecule has 0 radical (unpaired) electrons. The molecule has 0 aromatic rings. The third kappa shape index (κ3) is 31.6. The van der Waals surface area contributed by atoms with E-state index in [1.165, 1.54) is 44.9 Å². The highest BCUT2D eigenvalue weighted by Crippen LogP contribution is 2.42. The predicted octanol–water partition coefficient (Wildman–Crippen LogP) is 8.26. The van der Waals surface area contributed by atoms with Crippen molar-refractivity contribution in [1.29, 1.82) is 0 Å². The van der Waals surface area contributed by atoms with E-state index in [-0.39, 0.29) is 32.1 Å². The van der Waals surface area contributed by atoms with E-state index in [1.807, 2.05) is 0 Å². The van der Waals surface area contributed by atoms with Crippen LogP contribution in [0.15, 0.2) is 36.5 Å². The van der Waals surface area contributed by atoms with Crippen LogP contribution in [0.5, 0.6) is 0 Å². The van der Waals surface area contributed by atoms with Crippen molar-refractivity contribution < 1.29 is 37.9 Å². The third-order valence-electron chi connectivity index (χ3n) is 6.83. The number of phosphoric ester groups is 1. The smallest absolute Gasteiger partial charge is 0.463 e. The van der Waals surface area contributed by atoms with Crippen LogP contribution in [-0.4, -0.2) is 54.3 Å². The summed E-state index contributed by atoms with van der Waals surface area (Å²) in [6, 6.07) is 0. The number of carbonyl (C=O) groups excluding carboxylic acids is 2. The standard InChI is InChI=1S/C34H62NO8P/c1-3-5-7-9-11-13-15-16-17-18-20-22-24-26-33(37)35-28-29-42-44(39,40)43-31-32(36)30-41-34(38)27-25-23-21-19-14-12-10-8-6-4-2/h5,7,11,13,16-17,32,36H,3-4,6,8-10,12,14-15,18-31H2,1-2H3,(H,35,37)(H,39,40)/b7-5-,13-11-,17-16-. The quantitative estimate of drug-likeness (QED) is 0.0298. The van der Waals surface area contributed by atoms with Gasteiger partial charge in [0.1, 0.15) is 12.7 Å². The number of unbranched alkanes of at least 4 members (excludes halogenated alkanes) is 12. The molecule has 0 aliphatic rings. The van der Waals surface area contributed by atoms with Gasteiger partial charge in [0.25, 0.3) is 0 Å². The first-order valence-electron chi connectivity index (χ1n) is 17.0. The van der Waals surface area contributed by atoms with Crippen LogP contribution in [0.3, 0.4) is 0 Å². The molecule has 0 fully saturated rings. The maximum Gasteiger partial charge on any atom is 0.472 e. The number of aliphatic hydroxyl groups is 1. The van der Waals surface area contributed by atoms with Crippen LogP contribution >= 0.6 is 7.82 Å². The van der Waals surface area contributed by atoms with Crippen LogP contribution in [0.2, 0.25) is 0 Å². The maximum atomic E-state index is 12.0. The van der Waals surface area contributed by atoms with E-state index >= 15 is 0 Å². The second-order valence-corrected chi connectivity index (χ2v) is 12.6. The van der Waals surface area contributed by atoms with Crippen LogP contribution in [0, 0.1) is 0 Å². The van der Waals surface area contributed by atoms with Crippen LogP contribution in [0.1, 0.15) is 136 Å². The van der Waals surface area contributed by atoms with E-state index in [1.54, 1.807) is 0 Å². The summed E-state index contributed by atoms with van der Waals surface area (Å²) in [4.78, 5) is 33.6. The monoisotopic (exact) mass is 643 g/mol. The van der Waals surface area contributed by atoms with E-state index in [4.69, 9.17) is 13.8 Å². The second kappa shape index (κ2) is 31.2. The molecule has 3 N–H and O–H groups in total. The molecule has 0 aromatic heterocycles. The second-order valence-electron chi connectivity index (χ2n) is 11.1. The minimum atomic E-state index is -4.41. The molecule has 0 aliphatic carbocycles. The number of phosphoric acid groups is 1. The lowest BCUT2D eigenvalue weighted by atomic mass is 10.1. The van der Waals surface area contributed by atoms with Crippen molar-refractivity contribution in [3.8, 4) is 0 Å². The largest absolute Gasteiger partial charge is 0.472 e. The van der Waals surface area contributed by atoms with Crippen molar-refractivity contribution in [2.45, 2.75) is 142 Å². The first-order valence-corrected chi connectivity index (χ1v) is 18.5. The zero-order valence-corrected chi connectivity index (χ0v) is 28.5. The summed E-state index contributed by atoms with van der Waals surface area (Å²) >= 11 is 0. The van der Waals surface area contributed by atoms with Gasteiger partial charge in [-0.05, 0) is 44.9 Å². The summed E-state index contributed by atoms with van der Waals surface area (Å²) in [7, 11) is -4.41. The van der Waals surface area contributed by atoms with Gasteiger partial charge in [-0.1, -0.05) is 115 Å². The van der Waals surface area contributed by atoms with E-state index in [9.17, 15) is 24.2 Å². The highest BCUT2D eigenvalue weighted by molar-refractivity contribution is 7.47. The summed E-state index contributed by atoms with van der Waals surface area (Å²) in [6.45, 7) is 3.35. The minimum absolute atomic E-state index is 0.0658. The number of hydrogen-bond acceptors (Lipinski definition) is 7. The van der Waals surface area contributed by atoms with Crippen LogP contribution in [0.25, 0.3) is 0 Å². The first kappa shape index (κ1) is 42.2. The third-order valence-corrected chi connectivity index (χ3v) is 7.82. The number of ether oxygens (including phenoxy) is 1. The Kier molecular flexibility index (Phi) is 30.0. The average Bonchev–Trinajstić information content (AvgIpc) is 3.00. The van der Waals surface area contributed by atoms with E-state index in [0.717, 1.165) is 64.2 Å². The van der Waals surface area contributed by atoms with Gasteiger partial charge >= 0.3 is 13.8 Å². The lowest BCUT2D eigenvalue weighted by molar-refractivity contribution is -0.147. The fraction of sp³-hybridized carbons (Fsp3) is 0.765. The summed E-state index contributed by atoms with van der Waals surface area (Å²) in [5.41, 5.74) is 0. The molecule has 0 spiro atoms.